The molecule has 3 rings (SSSR count). The van der Waals surface area contributed by atoms with Crippen molar-refractivity contribution in [3.8, 4) is 0 Å². The van der Waals surface area contributed by atoms with Crippen LogP contribution in [0.3, 0.4) is 0 Å². The van der Waals surface area contributed by atoms with Crippen LogP contribution in [0.2, 0.25) is 0 Å². The molecule has 4 unspecified atom stereocenters. The Morgan fingerprint density at radius 3 is 2.15 bits per heavy atom. The van der Waals surface area contributed by atoms with E-state index in [0.29, 0.717) is 22.9 Å². The minimum absolute atomic E-state index is 0.494. The van der Waals surface area contributed by atoms with Crippen molar-refractivity contribution in [3.05, 3.63) is 12.2 Å². The molecule has 1 heteroatoms. The first-order valence-electron chi connectivity index (χ1n) is 8.69. The van der Waals surface area contributed by atoms with E-state index in [1.165, 1.54) is 32.1 Å². The Hall–Kier alpha value is -0.300. The van der Waals surface area contributed by atoms with Crippen molar-refractivity contribution in [1.82, 2.24) is 5.32 Å². The highest BCUT2D eigenvalue weighted by Gasteiger charge is 2.42. The third kappa shape index (κ3) is 2.98. The molecule has 0 aromatic heterocycles. The summed E-state index contributed by atoms with van der Waals surface area (Å²) in [5, 5.41) is 4.02. The lowest BCUT2D eigenvalue weighted by Gasteiger charge is -2.46. The Morgan fingerprint density at radius 1 is 1.00 bits per heavy atom. The van der Waals surface area contributed by atoms with Crippen molar-refractivity contribution in [2.75, 3.05) is 0 Å². The maximum absolute atomic E-state index is 4.02. The molecule has 2 fully saturated rings. The van der Waals surface area contributed by atoms with Crippen LogP contribution in [0.5, 0.6) is 0 Å². The van der Waals surface area contributed by atoms with Crippen LogP contribution in [-0.4, -0.2) is 12.1 Å². The van der Waals surface area contributed by atoms with Gasteiger partial charge in [0.25, 0.3) is 0 Å². The van der Waals surface area contributed by atoms with E-state index in [1.54, 1.807) is 0 Å². The number of hydrogen-bond acceptors (Lipinski definition) is 1. The Balaban J connectivity index is 1.61. The molecule has 0 aliphatic heterocycles. The number of allylic oxidation sites excluding steroid dienone is 2. The highest BCUT2D eigenvalue weighted by molar-refractivity contribution is 5.12. The van der Waals surface area contributed by atoms with Crippen LogP contribution in [-0.2, 0) is 0 Å². The summed E-state index contributed by atoms with van der Waals surface area (Å²) in [6.45, 7) is 12.2. The number of rotatable bonds is 3. The van der Waals surface area contributed by atoms with E-state index in [1.807, 2.05) is 0 Å². The molecule has 0 amide bonds. The topological polar surface area (TPSA) is 12.0 Å². The molecule has 0 aromatic rings. The van der Waals surface area contributed by atoms with E-state index in [4.69, 9.17) is 0 Å². The zero-order valence-corrected chi connectivity index (χ0v) is 14.1. The molecule has 2 saturated carbocycles. The van der Waals surface area contributed by atoms with Gasteiger partial charge in [-0.15, -0.1) is 0 Å². The quantitative estimate of drug-likeness (QED) is 0.731. The minimum Gasteiger partial charge on any atom is -0.311 e. The van der Waals surface area contributed by atoms with Crippen molar-refractivity contribution in [2.24, 2.45) is 28.6 Å². The highest BCUT2D eigenvalue weighted by atomic mass is 15.0. The third-order valence-electron chi connectivity index (χ3n) is 6.03. The Morgan fingerprint density at radius 2 is 1.65 bits per heavy atom. The molecule has 20 heavy (non-hydrogen) atoms. The van der Waals surface area contributed by atoms with Gasteiger partial charge in [0.15, 0.2) is 0 Å². The third-order valence-corrected chi connectivity index (χ3v) is 6.03. The van der Waals surface area contributed by atoms with Crippen LogP contribution in [0.4, 0.5) is 0 Å². The van der Waals surface area contributed by atoms with Gasteiger partial charge in [0, 0.05) is 12.1 Å². The first-order chi connectivity index (χ1) is 9.24. The number of hydrogen-bond donors (Lipinski definition) is 1. The zero-order chi connectivity index (χ0) is 14.5. The molecule has 0 heterocycles. The second-order valence-corrected chi connectivity index (χ2v) is 9.51. The van der Waals surface area contributed by atoms with Gasteiger partial charge in [-0.3, -0.25) is 0 Å². The summed E-state index contributed by atoms with van der Waals surface area (Å²) >= 11 is 0. The van der Waals surface area contributed by atoms with Gasteiger partial charge >= 0.3 is 0 Å². The van der Waals surface area contributed by atoms with E-state index < -0.39 is 0 Å². The lowest BCUT2D eigenvalue weighted by Crippen LogP contribution is -2.49. The Kier molecular flexibility index (Phi) is 3.56. The maximum Gasteiger partial charge on any atom is 0.00798 e. The predicted molar refractivity (Wildman–Crippen MR) is 86.6 cm³/mol. The molecule has 0 radical (unpaired) electrons. The van der Waals surface area contributed by atoms with Crippen LogP contribution < -0.4 is 5.32 Å². The van der Waals surface area contributed by atoms with Gasteiger partial charge in [-0.1, -0.05) is 39.8 Å². The van der Waals surface area contributed by atoms with E-state index in [9.17, 15) is 0 Å². The summed E-state index contributed by atoms with van der Waals surface area (Å²) in [5.41, 5.74) is 0.988. The van der Waals surface area contributed by atoms with E-state index in [2.05, 4.69) is 52.1 Å². The second-order valence-electron chi connectivity index (χ2n) is 9.51. The average Bonchev–Trinajstić information content (AvgIpc) is 2.85. The standard InChI is InChI=1S/C19H33N/c1-13(17-9-14-6-7-15(17)8-14)20-16-10-18(2,3)12-19(4,5)11-16/h6-7,13-17,20H,8-12H2,1-5H3. The number of nitrogens with one attached hydrogen (secondary N) is 1. The summed E-state index contributed by atoms with van der Waals surface area (Å²) < 4.78 is 0. The first kappa shape index (κ1) is 14.6. The summed E-state index contributed by atoms with van der Waals surface area (Å²) in [5.74, 6) is 2.65. The molecule has 1 nitrogen and oxygen atoms in total. The molecule has 114 valence electrons. The molecule has 4 atom stereocenters. The molecule has 1 N–H and O–H groups in total. The van der Waals surface area contributed by atoms with Crippen LogP contribution in [0.1, 0.15) is 66.7 Å². The van der Waals surface area contributed by atoms with Gasteiger partial charge in [0.1, 0.15) is 0 Å². The fraction of sp³-hybridized carbons (Fsp3) is 0.895. The zero-order valence-electron chi connectivity index (χ0n) is 14.1. The predicted octanol–water partition coefficient (Wildman–Crippen LogP) is 4.78. The average molecular weight is 275 g/mol. The minimum atomic E-state index is 0.494. The van der Waals surface area contributed by atoms with E-state index in [0.717, 1.165) is 17.8 Å². The van der Waals surface area contributed by atoms with E-state index >= 15 is 0 Å². The fourth-order valence-electron chi connectivity index (χ4n) is 5.86. The highest BCUT2D eigenvalue weighted by Crippen LogP contribution is 2.47. The van der Waals surface area contributed by atoms with Crippen molar-refractivity contribution >= 4 is 0 Å². The SMILES string of the molecule is CC(NC1CC(C)(C)CC(C)(C)C1)C1CC2C=CC1C2. The normalized spacial score (nSPS) is 40.1. The van der Waals surface area contributed by atoms with Crippen molar-refractivity contribution < 1.29 is 0 Å². The fourth-order valence-corrected chi connectivity index (χ4v) is 5.86. The largest absolute Gasteiger partial charge is 0.311 e. The Labute approximate surface area is 125 Å². The summed E-state index contributed by atoms with van der Waals surface area (Å²) in [7, 11) is 0. The first-order valence-corrected chi connectivity index (χ1v) is 8.69. The molecule has 3 aliphatic carbocycles. The number of fused-ring (bicyclic) bond motifs is 2. The smallest absolute Gasteiger partial charge is 0.00798 e. The van der Waals surface area contributed by atoms with Crippen molar-refractivity contribution in [2.45, 2.75) is 78.8 Å². The van der Waals surface area contributed by atoms with Crippen molar-refractivity contribution in [1.29, 1.82) is 0 Å². The monoisotopic (exact) mass is 275 g/mol. The Bertz CT molecular complexity index is 377. The van der Waals surface area contributed by atoms with Crippen LogP contribution in [0, 0.1) is 28.6 Å². The summed E-state index contributed by atoms with van der Waals surface area (Å²) in [6.07, 6.45) is 11.9. The van der Waals surface area contributed by atoms with E-state index in [-0.39, 0.29) is 0 Å². The molecule has 3 aliphatic rings. The molecular weight excluding hydrogens is 242 g/mol. The maximum atomic E-state index is 4.02. The lowest BCUT2D eigenvalue weighted by molar-refractivity contribution is 0.0761. The van der Waals surface area contributed by atoms with Crippen LogP contribution in [0.25, 0.3) is 0 Å². The van der Waals surface area contributed by atoms with Crippen molar-refractivity contribution in [3.63, 3.8) is 0 Å². The summed E-state index contributed by atoms with van der Waals surface area (Å²) in [6, 6.07) is 1.40. The van der Waals surface area contributed by atoms with Gasteiger partial charge in [0.05, 0.1) is 0 Å². The molecule has 0 saturated heterocycles. The summed E-state index contributed by atoms with van der Waals surface area (Å²) in [4.78, 5) is 0. The molecule has 0 aromatic carbocycles. The molecule has 2 bridgehead atoms. The van der Waals surface area contributed by atoms with Gasteiger partial charge in [0.2, 0.25) is 0 Å². The molecule has 0 spiro atoms. The lowest BCUT2D eigenvalue weighted by atomic mass is 9.63. The van der Waals surface area contributed by atoms with Gasteiger partial charge in [-0.2, -0.15) is 0 Å². The van der Waals surface area contributed by atoms with Crippen LogP contribution in [0.15, 0.2) is 12.2 Å². The second kappa shape index (κ2) is 4.87. The molecular formula is C19H33N. The van der Waals surface area contributed by atoms with Crippen LogP contribution >= 0.6 is 0 Å². The van der Waals surface area contributed by atoms with Gasteiger partial charge in [-0.05, 0) is 67.6 Å². The van der Waals surface area contributed by atoms with Gasteiger partial charge in [-0.25, -0.2) is 0 Å². The van der Waals surface area contributed by atoms with Gasteiger partial charge < -0.3 is 5.32 Å².